The zero-order chi connectivity index (χ0) is 17.3. The fourth-order valence-corrected chi connectivity index (χ4v) is 1.93. The summed E-state index contributed by atoms with van der Waals surface area (Å²) in [4.78, 5) is 23.6. The Hall–Kier alpha value is -2.31. The Kier molecular flexibility index (Phi) is 4.49. The van der Waals surface area contributed by atoms with E-state index in [2.05, 4.69) is 10.1 Å². The lowest BCUT2D eigenvalue weighted by Crippen LogP contribution is -2.44. The molecule has 6 nitrogen and oxygen atoms in total. The van der Waals surface area contributed by atoms with Crippen LogP contribution in [-0.2, 0) is 9.47 Å². The van der Waals surface area contributed by atoms with Crippen LogP contribution in [-0.4, -0.2) is 30.5 Å². The number of alkyl carbamates (subject to hydrolysis) is 1. The largest absolute Gasteiger partial charge is 0.467 e. The summed E-state index contributed by atoms with van der Waals surface area (Å²) in [7, 11) is 1.20. The lowest BCUT2D eigenvalue weighted by atomic mass is 10.2. The first-order valence-corrected chi connectivity index (χ1v) is 7.22. The topological polar surface area (TPSA) is 73.9 Å². The van der Waals surface area contributed by atoms with Crippen molar-refractivity contribution in [2.45, 2.75) is 44.9 Å². The number of hydrogen-bond acceptors (Lipinski definition) is 5. The number of halogens is 1. The Labute approximate surface area is 133 Å². The SMILES string of the molecule is COC(=O)c1cc(F)ccc1OC1(NC(=O)OC(C)(C)C)CC1. The van der Waals surface area contributed by atoms with Gasteiger partial charge in [0.1, 0.15) is 22.7 Å². The summed E-state index contributed by atoms with van der Waals surface area (Å²) < 4.78 is 28.9. The van der Waals surface area contributed by atoms with Gasteiger partial charge in [0.05, 0.1) is 7.11 Å². The van der Waals surface area contributed by atoms with Crippen molar-refractivity contribution in [1.82, 2.24) is 5.32 Å². The summed E-state index contributed by atoms with van der Waals surface area (Å²) in [6.45, 7) is 5.26. The molecule has 7 heteroatoms. The number of benzene rings is 1. The molecule has 0 radical (unpaired) electrons. The monoisotopic (exact) mass is 325 g/mol. The first-order valence-electron chi connectivity index (χ1n) is 7.22. The van der Waals surface area contributed by atoms with E-state index in [1.807, 2.05) is 0 Å². The van der Waals surface area contributed by atoms with E-state index in [-0.39, 0.29) is 11.3 Å². The van der Waals surface area contributed by atoms with Gasteiger partial charge >= 0.3 is 12.1 Å². The van der Waals surface area contributed by atoms with E-state index in [0.29, 0.717) is 12.8 Å². The predicted molar refractivity (Wildman–Crippen MR) is 79.7 cm³/mol. The van der Waals surface area contributed by atoms with Gasteiger partial charge in [-0.2, -0.15) is 0 Å². The summed E-state index contributed by atoms with van der Waals surface area (Å²) in [5, 5.41) is 2.64. The Morgan fingerprint density at radius 2 is 1.91 bits per heavy atom. The minimum absolute atomic E-state index is 0.0373. The number of rotatable bonds is 4. The molecule has 0 spiro atoms. The highest BCUT2D eigenvalue weighted by Gasteiger charge is 2.48. The molecule has 23 heavy (non-hydrogen) atoms. The van der Waals surface area contributed by atoms with Crippen molar-refractivity contribution in [2.75, 3.05) is 7.11 Å². The van der Waals surface area contributed by atoms with Crippen LogP contribution in [0.5, 0.6) is 5.75 Å². The van der Waals surface area contributed by atoms with E-state index in [0.717, 1.165) is 6.07 Å². The molecule has 1 N–H and O–H groups in total. The van der Waals surface area contributed by atoms with Gasteiger partial charge in [-0.05, 0) is 39.0 Å². The fourth-order valence-electron chi connectivity index (χ4n) is 1.93. The number of hydrogen-bond donors (Lipinski definition) is 1. The van der Waals surface area contributed by atoms with Gasteiger partial charge < -0.3 is 14.2 Å². The van der Waals surface area contributed by atoms with Gasteiger partial charge in [0, 0.05) is 12.8 Å². The second-order valence-electron chi connectivity index (χ2n) is 6.36. The number of esters is 1. The zero-order valence-corrected chi connectivity index (χ0v) is 13.6. The van der Waals surface area contributed by atoms with Crippen LogP contribution in [0.2, 0.25) is 0 Å². The standard InChI is InChI=1S/C16H20FNO5/c1-15(2,3)23-14(20)18-16(7-8-16)22-12-6-5-10(17)9-11(12)13(19)21-4/h5-6,9H,7-8H2,1-4H3,(H,18,20). The minimum Gasteiger partial charge on any atom is -0.467 e. The average molecular weight is 325 g/mol. The normalized spacial score (nSPS) is 15.5. The maximum Gasteiger partial charge on any atom is 0.410 e. The molecule has 1 aliphatic rings. The number of ether oxygens (including phenoxy) is 3. The first kappa shape index (κ1) is 17.1. The van der Waals surface area contributed by atoms with Gasteiger partial charge in [-0.1, -0.05) is 0 Å². The van der Waals surface area contributed by atoms with Gasteiger partial charge in [-0.3, -0.25) is 5.32 Å². The molecule has 1 saturated carbocycles. The molecule has 2 rings (SSSR count). The molecule has 1 aliphatic carbocycles. The van der Waals surface area contributed by atoms with Gasteiger partial charge in [-0.15, -0.1) is 0 Å². The summed E-state index contributed by atoms with van der Waals surface area (Å²) in [5.41, 5.74) is -1.61. The van der Waals surface area contributed by atoms with Crippen molar-refractivity contribution in [3.05, 3.63) is 29.6 Å². The van der Waals surface area contributed by atoms with Crippen LogP contribution in [0.25, 0.3) is 0 Å². The molecule has 0 heterocycles. The van der Waals surface area contributed by atoms with Crippen molar-refractivity contribution < 1.29 is 28.2 Å². The van der Waals surface area contributed by atoms with E-state index in [4.69, 9.17) is 9.47 Å². The maximum absolute atomic E-state index is 13.3. The highest BCUT2D eigenvalue weighted by molar-refractivity contribution is 5.92. The number of carbonyl (C=O) groups is 2. The lowest BCUT2D eigenvalue weighted by molar-refractivity contribution is 0.0350. The molecule has 0 atom stereocenters. The third-order valence-electron chi connectivity index (χ3n) is 3.09. The molecule has 0 unspecified atom stereocenters. The van der Waals surface area contributed by atoms with Crippen LogP contribution >= 0.6 is 0 Å². The second kappa shape index (κ2) is 6.06. The number of methoxy groups -OCH3 is 1. The van der Waals surface area contributed by atoms with Crippen LogP contribution in [0.4, 0.5) is 9.18 Å². The second-order valence-corrected chi connectivity index (χ2v) is 6.36. The van der Waals surface area contributed by atoms with Crippen LogP contribution in [0.3, 0.4) is 0 Å². The Balaban J connectivity index is 2.13. The molecule has 0 bridgehead atoms. The van der Waals surface area contributed by atoms with Crippen LogP contribution in [0, 0.1) is 5.82 Å². The lowest BCUT2D eigenvalue weighted by Gasteiger charge is -2.24. The molecular formula is C16H20FNO5. The molecule has 1 aromatic rings. The molecule has 0 aliphatic heterocycles. The van der Waals surface area contributed by atoms with Gasteiger partial charge in [0.25, 0.3) is 0 Å². The van der Waals surface area contributed by atoms with Gasteiger partial charge in [-0.25, -0.2) is 14.0 Å². The molecule has 0 aromatic heterocycles. The number of amides is 1. The van der Waals surface area contributed by atoms with E-state index >= 15 is 0 Å². The summed E-state index contributed by atoms with van der Waals surface area (Å²) >= 11 is 0. The van der Waals surface area contributed by atoms with Crippen molar-refractivity contribution in [3.8, 4) is 5.75 Å². The Bertz CT molecular complexity index is 619. The molecule has 1 fully saturated rings. The third-order valence-corrected chi connectivity index (χ3v) is 3.09. The third kappa shape index (κ3) is 4.58. The van der Waals surface area contributed by atoms with E-state index < -0.39 is 29.2 Å². The Morgan fingerprint density at radius 1 is 1.26 bits per heavy atom. The summed E-state index contributed by atoms with van der Waals surface area (Å²) in [6.07, 6.45) is 0.505. The minimum atomic E-state index is -0.942. The predicted octanol–water partition coefficient (Wildman–Crippen LogP) is 3.01. The quantitative estimate of drug-likeness (QED) is 0.680. The smallest absolute Gasteiger partial charge is 0.410 e. The van der Waals surface area contributed by atoms with Crippen LogP contribution in [0.1, 0.15) is 44.0 Å². The summed E-state index contributed by atoms with van der Waals surface area (Å²) in [6, 6.07) is 3.54. The number of nitrogens with one attached hydrogen (secondary N) is 1. The highest BCUT2D eigenvalue weighted by Crippen LogP contribution is 2.39. The van der Waals surface area contributed by atoms with Gasteiger partial charge in [0.15, 0.2) is 5.72 Å². The van der Waals surface area contributed by atoms with Crippen LogP contribution in [0.15, 0.2) is 18.2 Å². The average Bonchev–Trinajstić information content (AvgIpc) is 3.17. The molecule has 0 saturated heterocycles. The molecular weight excluding hydrogens is 305 g/mol. The number of carbonyl (C=O) groups excluding carboxylic acids is 2. The van der Waals surface area contributed by atoms with E-state index in [1.165, 1.54) is 19.2 Å². The zero-order valence-electron chi connectivity index (χ0n) is 13.6. The van der Waals surface area contributed by atoms with Crippen molar-refractivity contribution in [1.29, 1.82) is 0 Å². The Morgan fingerprint density at radius 3 is 2.43 bits per heavy atom. The van der Waals surface area contributed by atoms with Crippen LogP contribution < -0.4 is 10.1 Å². The van der Waals surface area contributed by atoms with E-state index in [1.54, 1.807) is 20.8 Å². The first-order chi connectivity index (χ1) is 10.6. The molecule has 1 aromatic carbocycles. The summed E-state index contributed by atoms with van der Waals surface area (Å²) in [5.74, 6) is -1.15. The molecule has 1 amide bonds. The van der Waals surface area contributed by atoms with Crippen molar-refractivity contribution in [3.63, 3.8) is 0 Å². The highest BCUT2D eigenvalue weighted by atomic mass is 19.1. The fraction of sp³-hybridized carbons (Fsp3) is 0.500. The van der Waals surface area contributed by atoms with Crippen molar-refractivity contribution >= 4 is 12.1 Å². The molecule has 126 valence electrons. The van der Waals surface area contributed by atoms with Gasteiger partial charge in [0.2, 0.25) is 0 Å². The van der Waals surface area contributed by atoms with Crippen molar-refractivity contribution in [2.24, 2.45) is 0 Å². The van der Waals surface area contributed by atoms with E-state index in [9.17, 15) is 14.0 Å². The maximum atomic E-state index is 13.3.